The molecule has 1 aliphatic heterocycles. The van der Waals surface area contributed by atoms with Crippen LogP contribution < -0.4 is 15.8 Å². The van der Waals surface area contributed by atoms with E-state index < -0.39 is 81.8 Å². The summed E-state index contributed by atoms with van der Waals surface area (Å²) in [5.41, 5.74) is 1.40. The molecule has 2 fully saturated rings. The zero-order valence-electron chi connectivity index (χ0n) is 24.7. The number of phenols is 1. The lowest BCUT2D eigenvalue weighted by Crippen LogP contribution is -2.83. The second-order valence-electron chi connectivity index (χ2n) is 13.4. The number of aliphatic hydroxyl groups excluding tert-OH is 3. The zero-order chi connectivity index (χ0) is 31.5. The van der Waals surface area contributed by atoms with E-state index in [1.165, 1.54) is 6.92 Å². The van der Waals surface area contributed by atoms with Crippen LogP contribution in [0.25, 0.3) is 11.1 Å². The lowest BCUT2D eigenvalue weighted by atomic mass is 9.36. The molecule has 4 aliphatic rings. The summed E-state index contributed by atoms with van der Waals surface area (Å²) in [7, 11) is 0. The Morgan fingerprint density at radius 1 is 1.12 bits per heavy atom. The number of ketones is 2. The number of aliphatic hydroxyl groups is 4. The van der Waals surface area contributed by atoms with E-state index in [0.29, 0.717) is 29.2 Å². The summed E-state index contributed by atoms with van der Waals surface area (Å²) >= 11 is 0. The molecular formula is C32H38N2O9. The highest BCUT2D eigenvalue weighted by Crippen LogP contribution is 2.68. The molecule has 0 radical (unpaired) electrons. The number of primary amides is 1. The number of fused-ring (bicyclic) bond motifs is 4. The van der Waals surface area contributed by atoms with Crippen LogP contribution in [0.5, 0.6) is 11.5 Å². The van der Waals surface area contributed by atoms with Gasteiger partial charge in [-0.3, -0.25) is 14.4 Å². The summed E-state index contributed by atoms with van der Waals surface area (Å²) in [5.74, 6) is -8.58. The average Bonchev–Trinajstić information content (AvgIpc) is 3.41. The van der Waals surface area contributed by atoms with Crippen LogP contribution >= 0.6 is 0 Å². The van der Waals surface area contributed by atoms with Gasteiger partial charge in [-0.05, 0) is 41.0 Å². The van der Waals surface area contributed by atoms with Gasteiger partial charge < -0.3 is 41.3 Å². The topological polar surface area (TPSA) is 200 Å². The van der Waals surface area contributed by atoms with E-state index in [-0.39, 0.29) is 11.3 Å². The van der Waals surface area contributed by atoms with Crippen molar-refractivity contribution in [1.29, 1.82) is 0 Å². The fourth-order valence-electron chi connectivity index (χ4n) is 9.14. The molecular weight excluding hydrogens is 556 g/mol. The molecule has 0 saturated heterocycles. The van der Waals surface area contributed by atoms with Gasteiger partial charge in [0.1, 0.15) is 23.5 Å². The highest BCUT2D eigenvalue weighted by atomic mass is 16.5. The molecule has 3 aliphatic carbocycles. The molecule has 11 nitrogen and oxygen atoms in total. The molecule has 1 heterocycles. The third kappa shape index (κ3) is 3.36. The highest BCUT2D eigenvalue weighted by Gasteiger charge is 2.80. The quantitative estimate of drug-likeness (QED) is 0.256. The number of rotatable bonds is 3. The highest BCUT2D eigenvalue weighted by molar-refractivity contribution is 6.10. The maximum Gasteiger partial charge on any atom is 0.230 e. The first-order chi connectivity index (χ1) is 20.1. The van der Waals surface area contributed by atoms with Crippen LogP contribution in [0.4, 0.5) is 5.69 Å². The first-order valence-electron chi connectivity index (χ1n) is 14.6. The maximum atomic E-state index is 14.4. The summed E-state index contributed by atoms with van der Waals surface area (Å²) in [6, 6.07) is 8.66. The number of carbonyl (C=O) groups excluding carboxylic acids is 3. The fraction of sp³-hybridized carbons (Fsp3) is 0.531. The Kier molecular flexibility index (Phi) is 6.36. The molecule has 230 valence electrons. The molecule has 0 aromatic heterocycles. The first kappa shape index (κ1) is 29.6. The second-order valence-corrected chi connectivity index (χ2v) is 13.4. The van der Waals surface area contributed by atoms with Crippen molar-refractivity contribution in [2.24, 2.45) is 40.2 Å². The van der Waals surface area contributed by atoms with Gasteiger partial charge in [-0.25, -0.2) is 0 Å². The number of nitrogens with one attached hydrogen (secondary N) is 1. The standard InChI is InChI=1S/C32H38N2O9/c1-12(2)21-25(37)20(28(33)40)26(38)32(42)27(39)22-24(36)19-15(13(3)30(22,4)29(41)31(21,32)5)7-8-16(23(19)35)14-6-9-17-18(10-14)43-11-34-17/h6-10,12-13,20-22,25,27,29,34-35,37,39,41-42H,11H2,1-5H3,(H2,33,40)/t13-,20-,21+,22-,25?,27?,29-,30+,31+,32+/m1/s1. The first-order valence-corrected chi connectivity index (χ1v) is 14.6. The largest absolute Gasteiger partial charge is 0.507 e. The number of Topliss-reactive ketones (excluding diaryl/α,β-unsaturated/α-hetero) is 2. The smallest absolute Gasteiger partial charge is 0.230 e. The molecule has 0 bridgehead atoms. The van der Waals surface area contributed by atoms with Crippen LogP contribution in [-0.2, 0) is 9.59 Å². The van der Waals surface area contributed by atoms with Crippen molar-refractivity contribution in [2.75, 3.05) is 12.0 Å². The van der Waals surface area contributed by atoms with Gasteiger partial charge in [0, 0.05) is 16.4 Å². The van der Waals surface area contributed by atoms with Crippen LogP contribution in [0.2, 0.25) is 0 Å². The fourth-order valence-corrected chi connectivity index (χ4v) is 9.14. The Hall–Kier alpha value is -3.51. The van der Waals surface area contributed by atoms with Crippen LogP contribution in [0, 0.1) is 34.5 Å². The number of anilines is 1. The molecule has 6 rings (SSSR count). The third-order valence-electron chi connectivity index (χ3n) is 11.4. The van der Waals surface area contributed by atoms with Gasteiger partial charge in [-0.15, -0.1) is 0 Å². The van der Waals surface area contributed by atoms with Crippen LogP contribution in [0.1, 0.15) is 56.5 Å². The average molecular weight is 595 g/mol. The van der Waals surface area contributed by atoms with Crippen molar-refractivity contribution in [3.63, 3.8) is 0 Å². The Labute approximate surface area is 248 Å². The predicted molar refractivity (Wildman–Crippen MR) is 154 cm³/mol. The zero-order valence-corrected chi connectivity index (χ0v) is 24.7. The Morgan fingerprint density at radius 2 is 1.79 bits per heavy atom. The van der Waals surface area contributed by atoms with Crippen molar-refractivity contribution in [1.82, 2.24) is 0 Å². The molecule has 1 amide bonds. The number of ether oxygens (including phenoxy) is 1. The molecule has 2 aromatic rings. The van der Waals surface area contributed by atoms with Gasteiger partial charge >= 0.3 is 0 Å². The number of hydrogen-bond acceptors (Lipinski definition) is 10. The second kappa shape index (κ2) is 9.25. The number of amides is 1. The number of nitrogens with two attached hydrogens (primary N) is 1. The summed E-state index contributed by atoms with van der Waals surface area (Å²) in [5, 5.41) is 62.6. The molecule has 2 saturated carbocycles. The van der Waals surface area contributed by atoms with Crippen molar-refractivity contribution < 1.29 is 44.7 Å². The molecule has 0 spiro atoms. The van der Waals surface area contributed by atoms with Crippen molar-refractivity contribution in [3.05, 3.63) is 41.5 Å². The van der Waals surface area contributed by atoms with Gasteiger partial charge in [-0.2, -0.15) is 0 Å². The molecule has 2 aromatic carbocycles. The SMILES string of the molecule is CC(C)[C@H]1C(O)[C@@H](C(N)=O)C(=O)[C@]2(O)C(O)[C@H]3C(=O)c4c(ccc(-c5ccc6c(c5)OCN6)c4O)[C@@H](C)[C@]3(C)[C@@H](O)[C@]12C. The van der Waals surface area contributed by atoms with Gasteiger partial charge in [0.2, 0.25) is 5.91 Å². The van der Waals surface area contributed by atoms with Crippen molar-refractivity contribution >= 4 is 23.2 Å². The number of benzene rings is 2. The van der Waals surface area contributed by atoms with Crippen molar-refractivity contribution in [3.8, 4) is 22.6 Å². The summed E-state index contributed by atoms with van der Waals surface area (Å²) in [4.78, 5) is 40.8. The lowest BCUT2D eigenvalue weighted by Gasteiger charge is -2.69. The normalized spacial score (nSPS) is 39.7. The Balaban J connectivity index is 1.56. The number of hydrogen-bond donors (Lipinski definition) is 7. The van der Waals surface area contributed by atoms with Gasteiger partial charge in [0.05, 0.1) is 29.4 Å². The van der Waals surface area contributed by atoms with E-state index in [1.54, 1.807) is 58.0 Å². The third-order valence-corrected chi connectivity index (χ3v) is 11.4. The molecule has 43 heavy (non-hydrogen) atoms. The van der Waals surface area contributed by atoms with E-state index in [1.807, 2.05) is 0 Å². The lowest BCUT2D eigenvalue weighted by molar-refractivity contribution is -0.306. The molecule has 8 N–H and O–H groups in total. The van der Waals surface area contributed by atoms with E-state index >= 15 is 0 Å². The number of carbonyl (C=O) groups is 3. The van der Waals surface area contributed by atoms with E-state index in [9.17, 15) is 39.9 Å². The summed E-state index contributed by atoms with van der Waals surface area (Å²) in [6.07, 6.45) is -5.36. The van der Waals surface area contributed by atoms with E-state index in [0.717, 1.165) is 5.69 Å². The number of phenolic OH excluding ortho intramolecular Hbond substituents is 1. The predicted octanol–water partition coefficient (Wildman–Crippen LogP) is 1.53. The summed E-state index contributed by atoms with van der Waals surface area (Å²) < 4.78 is 5.57. The van der Waals surface area contributed by atoms with Gasteiger partial charge in [-0.1, -0.05) is 52.8 Å². The Morgan fingerprint density at radius 3 is 2.42 bits per heavy atom. The van der Waals surface area contributed by atoms with Crippen LogP contribution in [0.15, 0.2) is 30.3 Å². The van der Waals surface area contributed by atoms with E-state index in [4.69, 9.17) is 10.5 Å². The van der Waals surface area contributed by atoms with Crippen LogP contribution in [-0.4, -0.2) is 73.7 Å². The molecule has 11 heteroatoms. The van der Waals surface area contributed by atoms with E-state index in [2.05, 4.69) is 5.32 Å². The monoisotopic (exact) mass is 594 g/mol. The number of aromatic hydroxyl groups is 1. The Bertz CT molecular complexity index is 1570. The van der Waals surface area contributed by atoms with Gasteiger partial charge in [0.15, 0.2) is 23.9 Å². The molecule has 10 atom stereocenters. The van der Waals surface area contributed by atoms with Gasteiger partial charge in [0.25, 0.3) is 0 Å². The minimum atomic E-state index is -2.82. The summed E-state index contributed by atoms with van der Waals surface area (Å²) in [6.45, 7) is 8.52. The van der Waals surface area contributed by atoms with Crippen LogP contribution in [0.3, 0.4) is 0 Å². The molecule has 2 unspecified atom stereocenters. The minimum Gasteiger partial charge on any atom is -0.507 e. The van der Waals surface area contributed by atoms with Crippen molar-refractivity contribution in [2.45, 2.75) is 64.4 Å². The maximum absolute atomic E-state index is 14.4. The minimum absolute atomic E-state index is 0.0828.